The van der Waals surface area contributed by atoms with Gasteiger partial charge in [-0.25, -0.2) is 0 Å². The largest absolute Gasteiger partial charge is 0.394 e. The second kappa shape index (κ2) is 5.64. The summed E-state index contributed by atoms with van der Waals surface area (Å²) in [5, 5.41) is 12.2. The number of hydrogen-bond acceptors (Lipinski definition) is 3. The van der Waals surface area contributed by atoms with Crippen LogP contribution in [0.5, 0.6) is 0 Å². The molecule has 4 rings (SSSR count). The zero-order valence-electron chi connectivity index (χ0n) is 12.4. The first kappa shape index (κ1) is 14.3. The van der Waals surface area contributed by atoms with Crippen LogP contribution in [0.4, 0.5) is 0 Å². The normalized spacial score (nSPS) is 39.8. The van der Waals surface area contributed by atoms with Gasteiger partial charge in [-0.1, -0.05) is 0 Å². The van der Waals surface area contributed by atoms with Gasteiger partial charge in [0.2, 0.25) is 5.91 Å². The Kier molecular flexibility index (Phi) is 4.04. The van der Waals surface area contributed by atoms with Crippen molar-refractivity contribution in [2.24, 2.45) is 23.2 Å². The van der Waals surface area contributed by atoms with Crippen molar-refractivity contribution in [3.05, 3.63) is 0 Å². The summed E-state index contributed by atoms with van der Waals surface area (Å²) >= 11 is 0. The number of aliphatic hydroxyl groups excluding tert-OH is 1. The molecule has 0 aromatic heterocycles. The summed E-state index contributed by atoms with van der Waals surface area (Å²) in [5.41, 5.74) is 0.270. The Morgan fingerprint density at radius 1 is 1.25 bits per heavy atom. The number of carbonyl (C=O) groups excluding carboxylic acids is 1. The summed E-state index contributed by atoms with van der Waals surface area (Å²) in [6.07, 6.45) is 8.62. The zero-order chi connectivity index (χ0) is 14.2. The predicted molar refractivity (Wildman–Crippen MR) is 76.1 cm³/mol. The third kappa shape index (κ3) is 2.86. The lowest BCUT2D eigenvalue weighted by molar-refractivity contribution is -0.130. The SMILES string of the molecule is COCC(CO)NC(=O)CC12CC3CC(CC(C3)C1)C2. The highest BCUT2D eigenvalue weighted by atomic mass is 16.5. The van der Waals surface area contributed by atoms with Crippen LogP contribution in [0, 0.1) is 23.2 Å². The maximum atomic E-state index is 12.3. The number of aliphatic hydroxyl groups is 1. The van der Waals surface area contributed by atoms with Gasteiger partial charge in [-0.05, 0) is 61.7 Å². The number of nitrogens with one attached hydrogen (secondary N) is 1. The Morgan fingerprint density at radius 3 is 2.25 bits per heavy atom. The van der Waals surface area contributed by atoms with Gasteiger partial charge in [0.1, 0.15) is 0 Å². The standard InChI is InChI=1S/C16H27NO3/c1-20-10-14(9-18)17-15(19)8-16-5-11-2-12(6-16)4-13(3-11)7-16/h11-14,18H,2-10H2,1H3,(H,17,19). The molecule has 0 spiro atoms. The van der Waals surface area contributed by atoms with E-state index in [1.165, 1.54) is 38.5 Å². The van der Waals surface area contributed by atoms with E-state index in [2.05, 4.69) is 5.32 Å². The maximum absolute atomic E-state index is 12.3. The van der Waals surface area contributed by atoms with Crippen molar-refractivity contribution in [3.8, 4) is 0 Å². The van der Waals surface area contributed by atoms with Gasteiger partial charge in [0.05, 0.1) is 19.3 Å². The Labute approximate surface area is 121 Å². The van der Waals surface area contributed by atoms with Crippen molar-refractivity contribution in [2.45, 2.75) is 51.0 Å². The number of methoxy groups -OCH3 is 1. The summed E-state index contributed by atoms with van der Waals surface area (Å²) in [7, 11) is 1.59. The fourth-order valence-corrected chi connectivity index (χ4v) is 5.47. The highest BCUT2D eigenvalue weighted by Crippen LogP contribution is 2.61. The molecule has 1 amide bonds. The molecular weight excluding hydrogens is 254 g/mol. The van der Waals surface area contributed by atoms with Crippen LogP contribution in [0.3, 0.4) is 0 Å². The lowest BCUT2D eigenvalue weighted by atomic mass is 9.49. The number of rotatable bonds is 6. The topological polar surface area (TPSA) is 58.6 Å². The van der Waals surface area contributed by atoms with Gasteiger partial charge in [0.15, 0.2) is 0 Å². The average molecular weight is 281 g/mol. The van der Waals surface area contributed by atoms with E-state index < -0.39 is 0 Å². The van der Waals surface area contributed by atoms with Gasteiger partial charge < -0.3 is 15.2 Å². The molecule has 2 N–H and O–H groups in total. The molecule has 114 valence electrons. The van der Waals surface area contributed by atoms with Crippen molar-refractivity contribution < 1.29 is 14.6 Å². The number of hydrogen-bond donors (Lipinski definition) is 2. The van der Waals surface area contributed by atoms with E-state index in [0.29, 0.717) is 13.0 Å². The van der Waals surface area contributed by atoms with Crippen LogP contribution in [0.2, 0.25) is 0 Å². The highest BCUT2D eigenvalue weighted by molar-refractivity contribution is 5.77. The van der Waals surface area contributed by atoms with Crippen molar-refractivity contribution in [1.29, 1.82) is 0 Å². The molecule has 0 radical (unpaired) electrons. The molecule has 1 unspecified atom stereocenters. The lowest BCUT2D eigenvalue weighted by Crippen LogP contribution is -2.49. The maximum Gasteiger partial charge on any atom is 0.220 e. The first-order chi connectivity index (χ1) is 9.62. The summed E-state index contributed by atoms with van der Waals surface area (Å²) in [4.78, 5) is 12.3. The lowest BCUT2D eigenvalue weighted by Gasteiger charge is -2.56. The van der Waals surface area contributed by atoms with Crippen LogP contribution in [-0.4, -0.2) is 37.4 Å². The van der Waals surface area contributed by atoms with Gasteiger partial charge in [-0.15, -0.1) is 0 Å². The highest BCUT2D eigenvalue weighted by Gasteiger charge is 2.51. The van der Waals surface area contributed by atoms with Crippen molar-refractivity contribution in [3.63, 3.8) is 0 Å². The van der Waals surface area contributed by atoms with E-state index >= 15 is 0 Å². The average Bonchev–Trinajstić information content (AvgIpc) is 2.35. The fourth-order valence-electron chi connectivity index (χ4n) is 5.47. The first-order valence-electron chi connectivity index (χ1n) is 8.01. The van der Waals surface area contributed by atoms with Crippen molar-refractivity contribution >= 4 is 5.91 Å². The van der Waals surface area contributed by atoms with Gasteiger partial charge in [-0.3, -0.25) is 4.79 Å². The molecule has 0 heterocycles. The van der Waals surface area contributed by atoms with Gasteiger partial charge in [0, 0.05) is 13.5 Å². The van der Waals surface area contributed by atoms with E-state index in [0.717, 1.165) is 17.8 Å². The Hall–Kier alpha value is -0.610. The second-order valence-electron chi connectivity index (χ2n) is 7.50. The van der Waals surface area contributed by atoms with Crippen LogP contribution in [0.15, 0.2) is 0 Å². The van der Waals surface area contributed by atoms with Crippen LogP contribution in [-0.2, 0) is 9.53 Å². The van der Waals surface area contributed by atoms with E-state index in [1.807, 2.05) is 0 Å². The van der Waals surface area contributed by atoms with Crippen LogP contribution in [0.25, 0.3) is 0 Å². The zero-order valence-corrected chi connectivity index (χ0v) is 12.4. The Morgan fingerprint density at radius 2 is 1.80 bits per heavy atom. The van der Waals surface area contributed by atoms with E-state index in [9.17, 15) is 9.90 Å². The molecular formula is C16H27NO3. The molecule has 4 fully saturated rings. The third-order valence-electron chi connectivity index (χ3n) is 5.65. The van der Waals surface area contributed by atoms with Crippen LogP contribution >= 0.6 is 0 Å². The van der Waals surface area contributed by atoms with Crippen molar-refractivity contribution in [1.82, 2.24) is 5.32 Å². The fraction of sp³-hybridized carbons (Fsp3) is 0.938. The molecule has 4 nitrogen and oxygen atoms in total. The molecule has 0 aliphatic heterocycles. The quantitative estimate of drug-likeness (QED) is 0.779. The smallest absolute Gasteiger partial charge is 0.220 e. The number of ether oxygens (including phenoxy) is 1. The second-order valence-corrected chi connectivity index (χ2v) is 7.50. The Balaban J connectivity index is 1.58. The molecule has 0 aromatic carbocycles. The molecule has 4 heteroatoms. The summed E-state index contributed by atoms with van der Waals surface area (Å²) in [6.45, 7) is 0.323. The first-order valence-corrected chi connectivity index (χ1v) is 8.01. The molecule has 1 atom stereocenters. The van der Waals surface area contributed by atoms with Crippen LogP contribution < -0.4 is 5.32 Å². The molecule has 4 aliphatic carbocycles. The van der Waals surface area contributed by atoms with E-state index in [-0.39, 0.29) is 24.0 Å². The minimum atomic E-state index is -0.263. The minimum Gasteiger partial charge on any atom is -0.394 e. The minimum absolute atomic E-state index is 0.0551. The molecule has 4 saturated carbocycles. The number of carbonyl (C=O) groups is 1. The molecule has 20 heavy (non-hydrogen) atoms. The summed E-state index contributed by atoms with van der Waals surface area (Å²) < 4.78 is 5.01. The molecule has 4 bridgehead atoms. The van der Waals surface area contributed by atoms with E-state index in [4.69, 9.17) is 4.74 Å². The molecule has 4 aliphatic rings. The van der Waals surface area contributed by atoms with Crippen LogP contribution in [0.1, 0.15) is 44.9 Å². The van der Waals surface area contributed by atoms with E-state index in [1.54, 1.807) is 7.11 Å². The monoisotopic (exact) mass is 281 g/mol. The van der Waals surface area contributed by atoms with Gasteiger partial charge in [-0.2, -0.15) is 0 Å². The van der Waals surface area contributed by atoms with Gasteiger partial charge in [0.25, 0.3) is 0 Å². The summed E-state index contributed by atoms with van der Waals surface area (Å²) in [5.74, 6) is 2.73. The predicted octanol–water partition coefficient (Wildman–Crippen LogP) is 1.72. The number of amides is 1. The summed E-state index contributed by atoms with van der Waals surface area (Å²) in [6, 6.07) is -0.263. The van der Waals surface area contributed by atoms with Crippen molar-refractivity contribution in [2.75, 3.05) is 20.3 Å². The third-order valence-corrected chi connectivity index (χ3v) is 5.65. The molecule has 0 aromatic rings. The van der Waals surface area contributed by atoms with Gasteiger partial charge >= 0.3 is 0 Å². The molecule has 0 saturated heterocycles. The Bertz CT molecular complexity index is 333.